The zero-order chi connectivity index (χ0) is 50.2. The van der Waals surface area contributed by atoms with Crippen LogP contribution in [0.25, 0.3) is 32.3 Å². The summed E-state index contributed by atoms with van der Waals surface area (Å²) < 4.78 is 1.33. The summed E-state index contributed by atoms with van der Waals surface area (Å²) in [4.78, 5) is 8.70. The van der Waals surface area contributed by atoms with Gasteiger partial charge in [0.25, 0.3) is 6.71 Å². The predicted molar refractivity (Wildman–Crippen MR) is 316 cm³/mol. The van der Waals surface area contributed by atoms with Gasteiger partial charge < -0.3 is 9.80 Å². The van der Waals surface area contributed by atoms with Crippen LogP contribution in [0.2, 0.25) is 0 Å². The van der Waals surface area contributed by atoms with Gasteiger partial charge in [-0.15, -0.1) is 23.1 Å². The number of hydrogen-bond acceptors (Lipinski definition) is 4. The number of anilines is 5. The summed E-state index contributed by atoms with van der Waals surface area (Å²) in [6, 6.07) is 59.9. The van der Waals surface area contributed by atoms with Crippen molar-refractivity contribution in [1.29, 1.82) is 0 Å². The van der Waals surface area contributed by atoms with Gasteiger partial charge in [0.05, 0.1) is 4.75 Å². The molecule has 0 N–H and O–H groups in total. The summed E-state index contributed by atoms with van der Waals surface area (Å²) in [6.07, 6.45) is 7.05. The lowest BCUT2D eigenvalue weighted by molar-refractivity contribution is 0.195. The van der Waals surface area contributed by atoms with E-state index in [1.54, 1.807) is 15.2 Å². The van der Waals surface area contributed by atoms with Crippen LogP contribution in [0.4, 0.5) is 28.4 Å². The van der Waals surface area contributed by atoms with E-state index in [0.717, 1.165) is 25.7 Å². The molecule has 6 bridgehead atoms. The van der Waals surface area contributed by atoms with Crippen molar-refractivity contribution in [3.05, 3.63) is 195 Å². The predicted octanol–water partition coefficient (Wildman–Crippen LogP) is 18.0. The van der Waals surface area contributed by atoms with Gasteiger partial charge in [-0.2, -0.15) is 0 Å². The lowest BCUT2D eigenvalue weighted by Gasteiger charge is -2.52. The number of allylic oxidation sites excluding steroid dienone is 1. The molecule has 1 spiro atoms. The molecular weight excluding hydrogens is 920 g/mol. The maximum atomic E-state index is 2.86. The number of rotatable bonds is 4. The second-order valence-electron chi connectivity index (χ2n) is 25.7. The molecule has 4 aliphatic heterocycles. The van der Waals surface area contributed by atoms with Crippen molar-refractivity contribution in [2.75, 3.05) is 9.80 Å². The molecule has 1 aromatic heterocycles. The van der Waals surface area contributed by atoms with E-state index in [9.17, 15) is 0 Å². The van der Waals surface area contributed by atoms with Crippen molar-refractivity contribution in [1.82, 2.24) is 0 Å². The van der Waals surface area contributed by atoms with Crippen molar-refractivity contribution in [2.45, 2.75) is 134 Å². The Morgan fingerprint density at radius 1 is 0.507 bits per heavy atom. The van der Waals surface area contributed by atoms with E-state index in [0.29, 0.717) is 0 Å². The second-order valence-corrected chi connectivity index (χ2v) is 28.1. The molecule has 7 aromatic carbocycles. The highest BCUT2D eigenvalue weighted by Crippen LogP contribution is 2.73. The monoisotopic (exact) mass is 986 g/mol. The van der Waals surface area contributed by atoms with Crippen LogP contribution in [-0.4, -0.2) is 6.71 Å². The summed E-state index contributed by atoms with van der Waals surface area (Å²) in [7, 11) is 0. The van der Waals surface area contributed by atoms with Gasteiger partial charge in [0.1, 0.15) is 0 Å². The minimum Gasteiger partial charge on any atom is -0.314 e. The molecule has 73 heavy (non-hydrogen) atoms. The van der Waals surface area contributed by atoms with Crippen molar-refractivity contribution < 1.29 is 0 Å². The topological polar surface area (TPSA) is 6.48 Å². The second kappa shape index (κ2) is 15.4. The summed E-state index contributed by atoms with van der Waals surface area (Å²) >= 11 is 4.43. The highest BCUT2D eigenvalue weighted by Gasteiger charge is 2.65. The molecule has 8 aromatic rings. The molecule has 0 saturated heterocycles. The minimum atomic E-state index is -0.183. The van der Waals surface area contributed by atoms with Gasteiger partial charge in [-0.3, -0.25) is 0 Å². The average Bonchev–Trinajstić information content (AvgIpc) is 3.93. The smallest absolute Gasteiger partial charge is 0.261 e. The Hall–Kier alpha value is -5.75. The molecule has 5 heterocycles. The van der Waals surface area contributed by atoms with Gasteiger partial charge >= 0.3 is 0 Å². The summed E-state index contributed by atoms with van der Waals surface area (Å²) in [6.45, 7) is 24.7. The van der Waals surface area contributed by atoms with Crippen LogP contribution in [0, 0.1) is 5.41 Å². The van der Waals surface area contributed by atoms with Gasteiger partial charge in [-0.1, -0.05) is 185 Å². The van der Waals surface area contributed by atoms with Crippen LogP contribution in [0.3, 0.4) is 0 Å². The van der Waals surface area contributed by atoms with Crippen LogP contribution in [-0.2, 0) is 26.4 Å². The molecule has 6 aliphatic rings. The van der Waals surface area contributed by atoms with E-state index in [2.05, 4.69) is 254 Å². The first kappa shape index (κ1) is 45.8. The number of nitrogens with zero attached hydrogens (tertiary/aromatic N) is 2. The molecule has 2 nitrogen and oxygen atoms in total. The van der Waals surface area contributed by atoms with Crippen molar-refractivity contribution >= 4 is 79.3 Å². The average molecular weight is 987 g/mol. The number of fused-ring (bicyclic) bond motifs is 5. The third-order valence-electron chi connectivity index (χ3n) is 18.8. The Bertz CT molecular complexity index is 3590. The molecule has 0 amide bonds. The Morgan fingerprint density at radius 3 is 1.79 bits per heavy atom. The first-order chi connectivity index (χ1) is 34.9. The molecule has 0 radical (unpaired) electrons. The van der Waals surface area contributed by atoms with Crippen molar-refractivity contribution in [3.8, 4) is 22.3 Å². The SMILES string of the molecule is CC(C)(C)c1ccc(N2c3cc(C(C)(C)C)cc4c3B3C5=C(N4c4cc(-c6ccccc6)cc(-c6ccccc6)c4)C4(C)CCCCC4(S5)c4cccc(c4)C4(C)CCC(C)(C)c5c4sc4c3c2ccc54)cc1. The Labute approximate surface area is 443 Å². The van der Waals surface area contributed by atoms with E-state index in [1.165, 1.54) is 112 Å². The van der Waals surface area contributed by atoms with Gasteiger partial charge in [-0.25, -0.2) is 0 Å². The highest BCUT2D eigenvalue weighted by atomic mass is 32.2. The molecule has 5 heteroatoms. The quantitative estimate of drug-likeness (QED) is 0.162. The minimum absolute atomic E-state index is 0.0402. The molecule has 3 unspecified atom stereocenters. The maximum absolute atomic E-state index is 2.86. The highest BCUT2D eigenvalue weighted by molar-refractivity contribution is 8.06. The molecule has 2 aliphatic carbocycles. The normalized spacial score (nSPS) is 23.2. The molecule has 364 valence electrons. The summed E-state index contributed by atoms with van der Waals surface area (Å²) in [5, 5.41) is 1.47. The van der Waals surface area contributed by atoms with E-state index in [-0.39, 0.29) is 38.5 Å². The fourth-order valence-corrected chi connectivity index (χ4v) is 18.5. The number of benzene rings is 7. The standard InChI is InChI=1S/C68H67BN2S2/c1-63(2,3)46-26-28-50(29-27-46)70-53-31-30-52-56-61-66(9,35-34-65(56,7)8)47-24-19-25-48(39-47)68-33-18-17-32-67(68,10)60-62(73-68)69(58(53)59(52)72-61)57-54(70)40-49(64(4,5)6)41-55(57)71(60)51-37-44(42-20-13-11-14-21-42)36-45(38-51)43-22-15-12-16-23-43/h11-16,19-31,36-41H,17-18,32-35H2,1-10H3. The molecule has 3 atom stereocenters. The van der Waals surface area contributed by atoms with Crippen LogP contribution in [0.5, 0.6) is 0 Å². The zero-order valence-electron chi connectivity index (χ0n) is 44.5. The summed E-state index contributed by atoms with van der Waals surface area (Å²) in [5.74, 6) is 0. The number of thioether (sulfide) groups is 1. The van der Waals surface area contributed by atoms with Crippen molar-refractivity contribution in [3.63, 3.8) is 0 Å². The van der Waals surface area contributed by atoms with Gasteiger partial charge in [0.2, 0.25) is 0 Å². The maximum Gasteiger partial charge on any atom is 0.261 e. The van der Waals surface area contributed by atoms with E-state index < -0.39 is 0 Å². The van der Waals surface area contributed by atoms with Crippen LogP contribution in [0.1, 0.15) is 140 Å². The first-order valence-electron chi connectivity index (χ1n) is 27.2. The zero-order valence-corrected chi connectivity index (χ0v) is 46.1. The molecule has 1 fully saturated rings. The third kappa shape index (κ3) is 6.37. The Kier molecular flexibility index (Phi) is 9.68. The van der Waals surface area contributed by atoms with Gasteiger partial charge in [0, 0.05) is 54.5 Å². The Morgan fingerprint density at radius 2 is 1.14 bits per heavy atom. The van der Waals surface area contributed by atoms with E-state index in [1.807, 2.05) is 0 Å². The lowest BCUT2D eigenvalue weighted by Crippen LogP contribution is -2.56. The molecular formula is C68H67BN2S2. The van der Waals surface area contributed by atoms with Gasteiger partial charge in [0.15, 0.2) is 0 Å². The summed E-state index contributed by atoms with van der Waals surface area (Å²) in [5.41, 5.74) is 22.9. The third-order valence-corrected chi connectivity index (χ3v) is 22.2. The molecule has 14 rings (SSSR count). The lowest BCUT2D eigenvalue weighted by atomic mass is 9.35. The number of hydrogen-bond donors (Lipinski definition) is 0. The van der Waals surface area contributed by atoms with Crippen LogP contribution in [0.15, 0.2) is 162 Å². The van der Waals surface area contributed by atoms with Crippen LogP contribution >= 0.6 is 23.1 Å². The van der Waals surface area contributed by atoms with Crippen LogP contribution < -0.4 is 20.7 Å². The van der Waals surface area contributed by atoms with E-state index in [4.69, 9.17) is 0 Å². The fourth-order valence-electron chi connectivity index (χ4n) is 14.7. The Balaban J connectivity index is 1.17. The molecule has 1 saturated carbocycles. The fraction of sp³-hybridized carbons (Fsp3) is 0.324. The number of thiophene rings is 1. The first-order valence-corrected chi connectivity index (χ1v) is 28.8. The largest absolute Gasteiger partial charge is 0.314 e. The van der Waals surface area contributed by atoms with E-state index >= 15 is 0 Å². The van der Waals surface area contributed by atoms with Gasteiger partial charge in [-0.05, 0) is 162 Å². The van der Waals surface area contributed by atoms with Crippen molar-refractivity contribution in [2.24, 2.45) is 5.41 Å².